The topological polar surface area (TPSA) is 121 Å². The first-order valence-electron chi connectivity index (χ1n) is 14.6. The highest BCUT2D eigenvalue weighted by molar-refractivity contribution is 6.12. The summed E-state index contributed by atoms with van der Waals surface area (Å²) < 4.78 is 43.0. The Balaban J connectivity index is 1.48. The second-order valence-corrected chi connectivity index (χ2v) is 10.9. The maximum atomic E-state index is 13.5. The summed E-state index contributed by atoms with van der Waals surface area (Å²) in [6, 6.07) is 10.7. The number of aromatic nitrogens is 2. The van der Waals surface area contributed by atoms with Gasteiger partial charge in [-0.1, -0.05) is 6.58 Å². The van der Waals surface area contributed by atoms with E-state index in [9.17, 15) is 18.4 Å². The molecule has 4 rings (SSSR count). The molecule has 3 N–H and O–H groups in total. The molecule has 11 nitrogen and oxygen atoms in total. The van der Waals surface area contributed by atoms with Gasteiger partial charge >= 0.3 is 0 Å². The van der Waals surface area contributed by atoms with Crippen LogP contribution in [0.4, 0.5) is 26.0 Å². The van der Waals surface area contributed by atoms with E-state index in [1.54, 1.807) is 38.5 Å². The van der Waals surface area contributed by atoms with Crippen LogP contribution in [0.2, 0.25) is 0 Å². The van der Waals surface area contributed by atoms with E-state index in [-0.39, 0.29) is 17.7 Å². The molecule has 1 fully saturated rings. The van der Waals surface area contributed by atoms with Crippen molar-refractivity contribution in [3.8, 4) is 17.2 Å². The molecule has 13 heteroatoms. The van der Waals surface area contributed by atoms with Crippen molar-refractivity contribution in [1.29, 1.82) is 0 Å². The third-order valence-electron chi connectivity index (χ3n) is 7.55. The third-order valence-corrected chi connectivity index (χ3v) is 7.55. The molecule has 1 aromatic heterocycles. The van der Waals surface area contributed by atoms with Crippen LogP contribution in [0.5, 0.6) is 17.2 Å². The Hall–Kier alpha value is -4.65. The van der Waals surface area contributed by atoms with Gasteiger partial charge in [-0.15, -0.1) is 0 Å². The van der Waals surface area contributed by atoms with Crippen LogP contribution in [0.25, 0.3) is 0 Å². The molecule has 2 heterocycles. The average Bonchev–Trinajstić information content (AvgIpc) is 3.49. The number of halogens is 2. The number of piperazine rings is 1. The number of anilines is 3. The summed E-state index contributed by atoms with van der Waals surface area (Å²) >= 11 is 0. The molecule has 242 valence electrons. The molecule has 0 spiro atoms. The Morgan fingerprint density at radius 2 is 1.67 bits per heavy atom. The summed E-state index contributed by atoms with van der Waals surface area (Å²) in [6.45, 7) is 7.04. The van der Waals surface area contributed by atoms with Crippen molar-refractivity contribution in [2.24, 2.45) is 0 Å². The number of benzene rings is 2. The van der Waals surface area contributed by atoms with Crippen LogP contribution < -0.4 is 29.7 Å². The van der Waals surface area contributed by atoms with E-state index in [2.05, 4.69) is 27.4 Å². The predicted octanol–water partition coefficient (Wildman–Crippen LogP) is 4.76. The molecule has 3 aromatic rings. The van der Waals surface area contributed by atoms with E-state index in [0.29, 0.717) is 74.3 Å². The van der Waals surface area contributed by atoms with E-state index in [4.69, 9.17) is 14.2 Å². The average molecular weight is 627 g/mol. The molecule has 0 unspecified atom stereocenters. The number of carbonyl (C=O) groups excluding carboxylic acids is 2. The number of nitrogens with zero attached hydrogens (tertiary/aromatic N) is 3. The Bertz CT molecular complexity index is 1480. The van der Waals surface area contributed by atoms with Gasteiger partial charge < -0.3 is 29.7 Å². The van der Waals surface area contributed by atoms with Gasteiger partial charge in [-0.2, -0.15) is 5.10 Å². The minimum atomic E-state index is -2.71. The quantitative estimate of drug-likeness (QED) is 0.219. The van der Waals surface area contributed by atoms with Gasteiger partial charge in [-0.05, 0) is 55.7 Å². The first-order chi connectivity index (χ1) is 21.5. The minimum Gasteiger partial charge on any atom is -0.497 e. The lowest BCUT2D eigenvalue weighted by molar-refractivity contribution is -0.111. The van der Waals surface area contributed by atoms with Crippen LogP contribution in [-0.2, 0) is 17.6 Å². The van der Waals surface area contributed by atoms with Gasteiger partial charge in [-0.25, -0.2) is 8.78 Å². The molecule has 0 atom stereocenters. The summed E-state index contributed by atoms with van der Waals surface area (Å²) in [5.74, 6) is -1.55. The van der Waals surface area contributed by atoms with Crippen molar-refractivity contribution in [2.45, 2.75) is 32.1 Å². The second kappa shape index (κ2) is 14.9. The summed E-state index contributed by atoms with van der Waals surface area (Å²) in [7, 11) is 4.70. The van der Waals surface area contributed by atoms with Gasteiger partial charge in [0.1, 0.15) is 17.2 Å². The first-order valence-corrected chi connectivity index (χ1v) is 14.6. The SMILES string of the molecule is C=CC(=O)Nc1cc(N2CCN(CCC(C)(F)F)CC2)c(OC)cc1C(=O)Nc1cc(CCc2cc(OC)cc(OC)c2)[nH]n1. The summed E-state index contributed by atoms with van der Waals surface area (Å²) in [5.41, 5.74) is 2.93. The predicted molar refractivity (Wildman–Crippen MR) is 169 cm³/mol. The molecule has 0 radical (unpaired) electrons. The Labute approximate surface area is 261 Å². The van der Waals surface area contributed by atoms with Crippen LogP contribution in [0.15, 0.2) is 49.1 Å². The number of hydrogen-bond donors (Lipinski definition) is 3. The van der Waals surface area contributed by atoms with Gasteiger partial charge in [0, 0.05) is 57.0 Å². The molecule has 2 amide bonds. The van der Waals surface area contributed by atoms with E-state index < -0.39 is 17.7 Å². The minimum absolute atomic E-state index is 0.169. The number of carbonyl (C=O) groups is 2. The van der Waals surface area contributed by atoms with Gasteiger partial charge in [-0.3, -0.25) is 19.6 Å². The molecule has 1 aliphatic rings. The zero-order chi connectivity index (χ0) is 32.6. The number of alkyl halides is 2. The van der Waals surface area contributed by atoms with Gasteiger partial charge in [0.2, 0.25) is 11.8 Å². The van der Waals surface area contributed by atoms with Crippen molar-refractivity contribution < 1.29 is 32.6 Å². The fourth-order valence-electron chi connectivity index (χ4n) is 5.05. The number of rotatable bonds is 14. The number of aryl methyl sites for hydroxylation is 2. The number of H-pyrrole nitrogens is 1. The summed E-state index contributed by atoms with van der Waals surface area (Å²) in [4.78, 5) is 29.8. The van der Waals surface area contributed by atoms with E-state index >= 15 is 0 Å². The molecule has 2 aromatic carbocycles. The van der Waals surface area contributed by atoms with E-state index in [0.717, 1.165) is 24.3 Å². The van der Waals surface area contributed by atoms with E-state index in [1.165, 1.54) is 7.11 Å². The van der Waals surface area contributed by atoms with Crippen LogP contribution in [0, 0.1) is 0 Å². The maximum absolute atomic E-state index is 13.5. The number of nitrogens with one attached hydrogen (secondary N) is 3. The lowest BCUT2D eigenvalue weighted by Crippen LogP contribution is -2.47. The normalized spacial score (nSPS) is 13.7. The molecular formula is C32H40F2N6O5. The van der Waals surface area contributed by atoms with E-state index in [1.807, 2.05) is 21.9 Å². The number of ether oxygens (including phenoxy) is 3. The number of aromatic amines is 1. The fourth-order valence-corrected chi connectivity index (χ4v) is 5.05. The van der Waals surface area contributed by atoms with Crippen molar-refractivity contribution >= 4 is 29.0 Å². The molecule has 45 heavy (non-hydrogen) atoms. The third kappa shape index (κ3) is 9.17. The molecule has 1 aliphatic heterocycles. The number of amides is 2. The Morgan fingerprint density at radius 1 is 0.978 bits per heavy atom. The smallest absolute Gasteiger partial charge is 0.259 e. The lowest BCUT2D eigenvalue weighted by Gasteiger charge is -2.37. The van der Waals surface area contributed by atoms with Crippen LogP contribution in [0.3, 0.4) is 0 Å². The monoisotopic (exact) mass is 626 g/mol. The standard InChI is InChI=1S/C32H40F2N6O5/c1-6-30(41)35-26-20-27(40-13-11-39(12-14-40)10-9-32(2,33)34)28(45-5)19-25(26)31(42)36-29-17-22(37-38-29)8-7-21-15-23(43-3)18-24(16-21)44-4/h6,15-20H,1,7-14H2,2-5H3,(H,35,41)(H2,36,37,38,42). The second-order valence-electron chi connectivity index (χ2n) is 10.9. The van der Waals surface area contributed by atoms with Crippen molar-refractivity contribution in [3.63, 3.8) is 0 Å². The molecule has 0 aliphatic carbocycles. The van der Waals surface area contributed by atoms with Crippen LogP contribution >= 0.6 is 0 Å². The summed E-state index contributed by atoms with van der Waals surface area (Å²) in [5, 5.41) is 12.7. The Morgan fingerprint density at radius 3 is 2.27 bits per heavy atom. The maximum Gasteiger partial charge on any atom is 0.259 e. The molecular weight excluding hydrogens is 586 g/mol. The number of methoxy groups -OCH3 is 3. The highest BCUT2D eigenvalue weighted by Gasteiger charge is 2.27. The van der Waals surface area contributed by atoms with Crippen molar-refractivity contribution in [2.75, 3.05) is 69.6 Å². The van der Waals surface area contributed by atoms with Gasteiger partial charge in [0.25, 0.3) is 5.91 Å². The van der Waals surface area contributed by atoms with Gasteiger partial charge in [0.15, 0.2) is 5.82 Å². The highest BCUT2D eigenvalue weighted by atomic mass is 19.3. The highest BCUT2D eigenvalue weighted by Crippen LogP contribution is 2.36. The fraction of sp³-hybridized carbons (Fsp3) is 0.406. The Kier molecular flexibility index (Phi) is 11.0. The molecule has 0 saturated carbocycles. The molecule has 1 saturated heterocycles. The zero-order valence-corrected chi connectivity index (χ0v) is 26.0. The van der Waals surface area contributed by atoms with Crippen LogP contribution in [0.1, 0.15) is 35.0 Å². The first kappa shape index (κ1) is 33.2. The zero-order valence-electron chi connectivity index (χ0n) is 26.0. The lowest BCUT2D eigenvalue weighted by atomic mass is 10.1. The van der Waals surface area contributed by atoms with Gasteiger partial charge in [0.05, 0.1) is 38.3 Å². The van der Waals surface area contributed by atoms with Crippen molar-refractivity contribution in [1.82, 2.24) is 15.1 Å². The van der Waals surface area contributed by atoms with Crippen LogP contribution in [-0.4, -0.2) is 86.9 Å². The molecule has 0 bridgehead atoms. The van der Waals surface area contributed by atoms with Crippen molar-refractivity contribution in [3.05, 3.63) is 65.9 Å². The largest absolute Gasteiger partial charge is 0.497 e. The summed E-state index contributed by atoms with van der Waals surface area (Å²) in [6.07, 6.45) is 2.22. The number of hydrogen-bond acceptors (Lipinski definition) is 8.